The Labute approximate surface area is 111 Å². The molecular formula is C13H9BrFN3. The first-order chi connectivity index (χ1) is 8.63. The Kier molecular flexibility index (Phi) is 2.63. The first-order valence-corrected chi connectivity index (χ1v) is 6.20. The SMILES string of the molecule is Cc1cc(-c2nc3cc(Br)c(F)cc3[nH]2)ccn1. The van der Waals surface area contributed by atoms with Gasteiger partial charge in [-0.05, 0) is 41.1 Å². The molecule has 0 aliphatic rings. The lowest BCUT2D eigenvalue weighted by molar-refractivity contribution is 0.623. The van der Waals surface area contributed by atoms with Gasteiger partial charge in [0.15, 0.2) is 0 Å². The fourth-order valence-corrected chi connectivity index (χ4v) is 2.17. The molecule has 2 aromatic heterocycles. The van der Waals surface area contributed by atoms with Gasteiger partial charge in [-0.1, -0.05) is 0 Å². The highest BCUT2D eigenvalue weighted by Gasteiger charge is 2.08. The van der Waals surface area contributed by atoms with Crippen LogP contribution in [0.1, 0.15) is 5.69 Å². The third kappa shape index (κ3) is 1.90. The summed E-state index contributed by atoms with van der Waals surface area (Å²) in [7, 11) is 0. The molecule has 3 rings (SSSR count). The summed E-state index contributed by atoms with van der Waals surface area (Å²) in [6.45, 7) is 1.92. The largest absolute Gasteiger partial charge is 0.338 e. The highest BCUT2D eigenvalue weighted by molar-refractivity contribution is 9.10. The summed E-state index contributed by atoms with van der Waals surface area (Å²) in [6.07, 6.45) is 1.73. The van der Waals surface area contributed by atoms with Crippen molar-refractivity contribution in [3.63, 3.8) is 0 Å². The molecule has 2 heterocycles. The molecule has 90 valence electrons. The molecule has 3 aromatic rings. The van der Waals surface area contributed by atoms with E-state index in [1.807, 2.05) is 19.1 Å². The Hall–Kier alpha value is -1.75. The number of H-pyrrole nitrogens is 1. The number of pyridine rings is 1. The van der Waals surface area contributed by atoms with E-state index in [9.17, 15) is 4.39 Å². The highest BCUT2D eigenvalue weighted by atomic mass is 79.9. The van der Waals surface area contributed by atoms with Crippen LogP contribution in [0, 0.1) is 12.7 Å². The van der Waals surface area contributed by atoms with Crippen LogP contribution in [0.25, 0.3) is 22.4 Å². The van der Waals surface area contributed by atoms with Crippen molar-refractivity contribution in [2.45, 2.75) is 6.92 Å². The fraction of sp³-hybridized carbons (Fsp3) is 0.0769. The van der Waals surface area contributed by atoms with Crippen LogP contribution in [0.5, 0.6) is 0 Å². The van der Waals surface area contributed by atoms with Crippen LogP contribution in [0.3, 0.4) is 0 Å². The number of fused-ring (bicyclic) bond motifs is 1. The molecule has 0 unspecified atom stereocenters. The Morgan fingerprint density at radius 2 is 2.11 bits per heavy atom. The maximum atomic E-state index is 13.4. The van der Waals surface area contributed by atoms with E-state index >= 15 is 0 Å². The van der Waals surface area contributed by atoms with Gasteiger partial charge in [0.2, 0.25) is 0 Å². The average molecular weight is 306 g/mol. The monoisotopic (exact) mass is 305 g/mol. The van der Waals surface area contributed by atoms with Crippen molar-refractivity contribution in [1.29, 1.82) is 0 Å². The first-order valence-electron chi connectivity index (χ1n) is 5.41. The van der Waals surface area contributed by atoms with Crippen LogP contribution < -0.4 is 0 Å². The molecule has 0 saturated heterocycles. The van der Waals surface area contributed by atoms with Crippen molar-refractivity contribution in [1.82, 2.24) is 15.0 Å². The zero-order chi connectivity index (χ0) is 12.7. The highest BCUT2D eigenvalue weighted by Crippen LogP contribution is 2.25. The number of aryl methyl sites for hydroxylation is 1. The number of nitrogens with one attached hydrogen (secondary N) is 1. The van der Waals surface area contributed by atoms with E-state index in [0.717, 1.165) is 16.8 Å². The zero-order valence-corrected chi connectivity index (χ0v) is 11.1. The zero-order valence-electron chi connectivity index (χ0n) is 9.54. The summed E-state index contributed by atoms with van der Waals surface area (Å²) in [6, 6.07) is 6.90. The van der Waals surface area contributed by atoms with E-state index < -0.39 is 0 Å². The van der Waals surface area contributed by atoms with Gasteiger partial charge in [-0.3, -0.25) is 4.98 Å². The van der Waals surface area contributed by atoms with Gasteiger partial charge in [0.05, 0.1) is 15.5 Å². The molecule has 1 N–H and O–H groups in total. The lowest BCUT2D eigenvalue weighted by Crippen LogP contribution is -1.84. The van der Waals surface area contributed by atoms with Crippen molar-refractivity contribution in [2.75, 3.05) is 0 Å². The average Bonchev–Trinajstić information content (AvgIpc) is 2.73. The Morgan fingerprint density at radius 3 is 2.89 bits per heavy atom. The molecule has 0 aliphatic heterocycles. The maximum Gasteiger partial charge on any atom is 0.139 e. The molecule has 3 nitrogen and oxygen atoms in total. The molecule has 0 spiro atoms. The molecule has 1 aromatic carbocycles. The molecule has 0 amide bonds. The van der Waals surface area contributed by atoms with Crippen LogP contribution in [0.2, 0.25) is 0 Å². The van der Waals surface area contributed by atoms with E-state index in [-0.39, 0.29) is 5.82 Å². The van der Waals surface area contributed by atoms with Gasteiger partial charge in [0.1, 0.15) is 11.6 Å². The number of hydrogen-bond donors (Lipinski definition) is 1. The molecule has 0 aliphatic carbocycles. The smallest absolute Gasteiger partial charge is 0.139 e. The summed E-state index contributed by atoms with van der Waals surface area (Å²) in [4.78, 5) is 11.7. The predicted molar refractivity (Wildman–Crippen MR) is 71.7 cm³/mol. The van der Waals surface area contributed by atoms with Gasteiger partial charge < -0.3 is 4.98 Å². The number of aromatic amines is 1. The number of halogens is 2. The summed E-state index contributed by atoms with van der Waals surface area (Å²) in [5.41, 5.74) is 3.27. The van der Waals surface area contributed by atoms with E-state index in [0.29, 0.717) is 15.8 Å². The van der Waals surface area contributed by atoms with Crippen molar-refractivity contribution in [2.24, 2.45) is 0 Å². The standard InChI is InChI=1S/C13H9BrFN3/c1-7-4-8(2-3-16-7)13-17-11-5-9(14)10(15)6-12(11)18-13/h2-6H,1H3,(H,17,18). The van der Waals surface area contributed by atoms with E-state index in [1.165, 1.54) is 6.07 Å². The quantitative estimate of drug-likeness (QED) is 0.742. The van der Waals surface area contributed by atoms with Gasteiger partial charge in [-0.25, -0.2) is 9.37 Å². The van der Waals surface area contributed by atoms with Crippen LogP contribution in [0.4, 0.5) is 4.39 Å². The fourth-order valence-electron chi connectivity index (χ4n) is 1.83. The molecule has 5 heteroatoms. The lowest BCUT2D eigenvalue weighted by atomic mass is 10.2. The Balaban J connectivity index is 2.19. The second-order valence-corrected chi connectivity index (χ2v) is 4.91. The van der Waals surface area contributed by atoms with Crippen LogP contribution in [-0.4, -0.2) is 15.0 Å². The van der Waals surface area contributed by atoms with Crippen molar-refractivity contribution < 1.29 is 4.39 Å². The summed E-state index contributed by atoms with van der Waals surface area (Å²) < 4.78 is 13.8. The summed E-state index contributed by atoms with van der Waals surface area (Å²) in [5.74, 6) is 0.414. The molecule has 18 heavy (non-hydrogen) atoms. The number of benzene rings is 1. The van der Waals surface area contributed by atoms with E-state index in [2.05, 4.69) is 30.9 Å². The van der Waals surface area contributed by atoms with Gasteiger partial charge >= 0.3 is 0 Å². The summed E-state index contributed by atoms with van der Waals surface area (Å²) >= 11 is 3.15. The predicted octanol–water partition coefficient (Wildman–Crippen LogP) is 3.83. The topological polar surface area (TPSA) is 41.6 Å². The molecule has 0 saturated carbocycles. The molecule has 0 radical (unpaired) electrons. The minimum atomic E-state index is -0.302. The second kappa shape index (κ2) is 4.17. The third-order valence-corrected chi connectivity index (χ3v) is 3.30. The number of aromatic nitrogens is 3. The van der Waals surface area contributed by atoms with Crippen LogP contribution >= 0.6 is 15.9 Å². The van der Waals surface area contributed by atoms with Gasteiger partial charge in [0, 0.05) is 23.5 Å². The van der Waals surface area contributed by atoms with Crippen molar-refractivity contribution >= 4 is 27.0 Å². The number of rotatable bonds is 1. The van der Waals surface area contributed by atoms with Gasteiger partial charge in [-0.15, -0.1) is 0 Å². The minimum Gasteiger partial charge on any atom is -0.338 e. The summed E-state index contributed by atoms with van der Waals surface area (Å²) in [5, 5.41) is 0. The first kappa shape index (κ1) is 11.3. The van der Waals surface area contributed by atoms with Crippen LogP contribution in [0.15, 0.2) is 34.9 Å². The molecule has 0 fully saturated rings. The molecule has 0 bridgehead atoms. The van der Waals surface area contributed by atoms with Gasteiger partial charge in [-0.2, -0.15) is 0 Å². The third-order valence-electron chi connectivity index (χ3n) is 2.69. The maximum absolute atomic E-state index is 13.4. The molecule has 0 atom stereocenters. The van der Waals surface area contributed by atoms with Crippen molar-refractivity contribution in [3.05, 3.63) is 46.4 Å². The number of imidazole rings is 1. The lowest BCUT2D eigenvalue weighted by Gasteiger charge is -1.96. The van der Waals surface area contributed by atoms with E-state index in [1.54, 1.807) is 12.3 Å². The number of nitrogens with zero attached hydrogens (tertiary/aromatic N) is 2. The Bertz CT molecular complexity index is 697. The minimum absolute atomic E-state index is 0.302. The molecular weight excluding hydrogens is 297 g/mol. The van der Waals surface area contributed by atoms with E-state index in [4.69, 9.17) is 0 Å². The van der Waals surface area contributed by atoms with Crippen LogP contribution in [-0.2, 0) is 0 Å². The number of hydrogen-bond acceptors (Lipinski definition) is 2. The normalized spacial score (nSPS) is 11.1. The second-order valence-electron chi connectivity index (χ2n) is 4.05. The van der Waals surface area contributed by atoms with Gasteiger partial charge in [0.25, 0.3) is 0 Å². The van der Waals surface area contributed by atoms with Crippen molar-refractivity contribution in [3.8, 4) is 11.4 Å². The Morgan fingerprint density at radius 1 is 1.28 bits per heavy atom.